The smallest absolute Gasteiger partial charge is 0.264 e. The number of para-hydroxylation sites is 3. The number of β-amino-alcohol motifs (C(OH)–C–C–N with tert-alkyl or cyclic N) is 1. The molecule has 1 aliphatic rings. The summed E-state index contributed by atoms with van der Waals surface area (Å²) in [4.78, 5) is 28.4. The molecule has 1 N–H and O–H groups in total. The maximum absolute atomic E-state index is 12.8. The van der Waals surface area contributed by atoms with E-state index in [-0.39, 0.29) is 19.1 Å². The summed E-state index contributed by atoms with van der Waals surface area (Å²) in [5.74, 6) is 0.878. The van der Waals surface area contributed by atoms with Gasteiger partial charge in [0.15, 0.2) is 11.5 Å². The Labute approximate surface area is 194 Å². The minimum absolute atomic E-state index is 0.118. The Balaban J connectivity index is 1.45. The molecule has 1 amide bonds. The van der Waals surface area contributed by atoms with Crippen LogP contribution in [0.1, 0.15) is 11.1 Å². The monoisotopic (exact) mass is 456 g/mol. The van der Waals surface area contributed by atoms with Crippen molar-refractivity contribution in [3.05, 3.63) is 58.5 Å². The third kappa shape index (κ3) is 6.50. The van der Waals surface area contributed by atoms with Gasteiger partial charge in [-0.3, -0.25) is 14.6 Å². The van der Waals surface area contributed by atoms with Crippen LogP contribution in [0, 0.1) is 18.8 Å². The van der Waals surface area contributed by atoms with Gasteiger partial charge >= 0.3 is 0 Å². The molecule has 1 aliphatic heterocycles. The van der Waals surface area contributed by atoms with Crippen molar-refractivity contribution in [2.45, 2.75) is 20.0 Å². The van der Waals surface area contributed by atoms with E-state index < -0.39 is 6.10 Å². The number of rotatable bonds is 10. The van der Waals surface area contributed by atoms with Gasteiger partial charge in [-0.15, -0.1) is 4.91 Å². The Morgan fingerprint density at radius 1 is 1.03 bits per heavy atom. The first kappa shape index (κ1) is 24.6. The Bertz CT molecular complexity index is 926. The second-order valence-electron chi connectivity index (χ2n) is 8.22. The largest absolute Gasteiger partial charge is 0.493 e. The summed E-state index contributed by atoms with van der Waals surface area (Å²) in [5.41, 5.74) is 2.21. The van der Waals surface area contributed by atoms with Crippen LogP contribution in [0.4, 0.5) is 5.69 Å². The van der Waals surface area contributed by atoms with Crippen LogP contribution in [0.2, 0.25) is 0 Å². The standard InChI is InChI=1S/C24H32N4O5/c1-18-7-6-8-19(2)24(18)28(25-31)23(30)16-27-13-11-26(12-14-27)15-20(29)17-33-22-10-5-4-9-21(22)32-3/h4-10,20,29H,11-17H2,1-3H3. The average Bonchev–Trinajstić information content (AvgIpc) is 2.81. The minimum atomic E-state index is -0.651. The highest BCUT2D eigenvalue weighted by Crippen LogP contribution is 2.26. The van der Waals surface area contributed by atoms with Gasteiger partial charge in [-0.05, 0) is 37.1 Å². The number of amides is 1. The molecule has 0 bridgehead atoms. The van der Waals surface area contributed by atoms with Gasteiger partial charge in [0.1, 0.15) is 12.7 Å². The molecule has 1 fully saturated rings. The van der Waals surface area contributed by atoms with Crippen molar-refractivity contribution in [1.29, 1.82) is 0 Å². The first-order chi connectivity index (χ1) is 15.9. The van der Waals surface area contributed by atoms with Gasteiger partial charge in [0.2, 0.25) is 0 Å². The van der Waals surface area contributed by atoms with E-state index in [1.807, 2.05) is 55.1 Å². The number of aryl methyl sites for hydroxylation is 2. The number of methoxy groups -OCH3 is 1. The van der Waals surface area contributed by atoms with Crippen LogP contribution < -0.4 is 14.5 Å². The summed E-state index contributed by atoms with van der Waals surface area (Å²) in [6.45, 7) is 7.19. The van der Waals surface area contributed by atoms with E-state index in [0.717, 1.165) is 16.1 Å². The predicted octanol–water partition coefficient (Wildman–Crippen LogP) is 2.38. The van der Waals surface area contributed by atoms with Crippen molar-refractivity contribution in [2.24, 2.45) is 5.29 Å². The number of nitroso groups, excluding NO2 is 1. The van der Waals surface area contributed by atoms with Gasteiger partial charge in [0.25, 0.3) is 5.91 Å². The maximum atomic E-state index is 12.8. The predicted molar refractivity (Wildman–Crippen MR) is 127 cm³/mol. The summed E-state index contributed by atoms with van der Waals surface area (Å²) in [6, 6.07) is 12.9. The molecule has 0 radical (unpaired) electrons. The van der Waals surface area contributed by atoms with Gasteiger partial charge in [-0.2, -0.15) is 5.01 Å². The number of hydrogen-bond acceptors (Lipinski definition) is 8. The minimum Gasteiger partial charge on any atom is -0.493 e. The average molecular weight is 457 g/mol. The first-order valence-corrected chi connectivity index (χ1v) is 11.0. The molecule has 0 saturated carbocycles. The highest BCUT2D eigenvalue weighted by Gasteiger charge is 2.26. The lowest BCUT2D eigenvalue weighted by molar-refractivity contribution is -0.120. The molecule has 1 saturated heterocycles. The van der Waals surface area contributed by atoms with Crippen molar-refractivity contribution in [2.75, 3.05) is 58.0 Å². The van der Waals surface area contributed by atoms with E-state index in [1.54, 1.807) is 13.2 Å². The molecule has 2 aromatic rings. The van der Waals surface area contributed by atoms with Gasteiger partial charge in [-0.1, -0.05) is 30.3 Å². The molecule has 1 atom stereocenters. The molecule has 0 spiro atoms. The highest BCUT2D eigenvalue weighted by atomic mass is 16.5. The third-order valence-corrected chi connectivity index (χ3v) is 5.76. The topological polar surface area (TPSA) is 94.9 Å². The van der Waals surface area contributed by atoms with Gasteiger partial charge in [0, 0.05) is 32.7 Å². The lowest BCUT2D eigenvalue weighted by atomic mass is 10.1. The van der Waals surface area contributed by atoms with Crippen molar-refractivity contribution in [3.8, 4) is 11.5 Å². The molecular formula is C24H32N4O5. The number of nitrogens with zero attached hydrogens (tertiary/aromatic N) is 4. The Morgan fingerprint density at radius 3 is 2.24 bits per heavy atom. The zero-order valence-electron chi connectivity index (χ0n) is 19.4. The van der Waals surface area contributed by atoms with E-state index in [9.17, 15) is 14.8 Å². The summed E-state index contributed by atoms with van der Waals surface area (Å²) >= 11 is 0. The van der Waals surface area contributed by atoms with Gasteiger partial charge in [0.05, 0.1) is 24.6 Å². The van der Waals surface area contributed by atoms with Crippen LogP contribution in [0.15, 0.2) is 47.8 Å². The molecule has 3 rings (SSSR count). The summed E-state index contributed by atoms with van der Waals surface area (Å²) in [6.07, 6.45) is -0.651. The molecule has 2 aromatic carbocycles. The fourth-order valence-electron chi connectivity index (χ4n) is 4.01. The first-order valence-electron chi connectivity index (χ1n) is 11.0. The van der Waals surface area contributed by atoms with E-state index in [2.05, 4.69) is 10.2 Å². The van der Waals surface area contributed by atoms with Crippen LogP contribution in [0.5, 0.6) is 11.5 Å². The zero-order chi connectivity index (χ0) is 23.8. The van der Waals surface area contributed by atoms with Crippen LogP contribution in [-0.2, 0) is 4.79 Å². The number of carbonyl (C=O) groups is 1. The Kier molecular flexibility index (Phi) is 8.76. The van der Waals surface area contributed by atoms with Crippen molar-refractivity contribution >= 4 is 11.6 Å². The van der Waals surface area contributed by atoms with Crippen LogP contribution >= 0.6 is 0 Å². The highest BCUT2D eigenvalue weighted by molar-refractivity contribution is 5.95. The van der Waals surface area contributed by atoms with Gasteiger partial charge < -0.3 is 14.6 Å². The Morgan fingerprint density at radius 2 is 1.64 bits per heavy atom. The molecule has 0 aliphatic carbocycles. The zero-order valence-corrected chi connectivity index (χ0v) is 19.4. The fourth-order valence-corrected chi connectivity index (χ4v) is 4.01. The maximum Gasteiger partial charge on any atom is 0.264 e. The van der Waals surface area contributed by atoms with Crippen LogP contribution in [0.3, 0.4) is 0 Å². The van der Waals surface area contributed by atoms with Crippen LogP contribution in [0.25, 0.3) is 0 Å². The number of aliphatic hydroxyl groups is 1. The normalized spacial score (nSPS) is 15.6. The molecule has 9 nitrogen and oxygen atoms in total. The van der Waals surface area contributed by atoms with E-state index in [0.29, 0.717) is 49.9 Å². The number of anilines is 1. The quantitative estimate of drug-likeness (QED) is 0.433. The molecule has 33 heavy (non-hydrogen) atoms. The summed E-state index contributed by atoms with van der Waals surface area (Å²) in [5, 5.41) is 14.4. The van der Waals surface area contributed by atoms with Crippen LogP contribution in [-0.4, -0.2) is 79.9 Å². The molecule has 1 unspecified atom stereocenters. The van der Waals surface area contributed by atoms with E-state index in [1.165, 1.54) is 0 Å². The molecule has 178 valence electrons. The second-order valence-corrected chi connectivity index (χ2v) is 8.22. The Hall–Kier alpha value is -3.01. The number of hydrogen-bond donors (Lipinski definition) is 1. The summed E-state index contributed by atoms with van der Waals surface area (Å²) < 4.78 is 11.0. The van der Waals surface area contributed by atoms with Gasteiger partial charge in [-0.25, -0.2) is 0 Å². The number of ether oxygens (including phenoxy) is 2. The van der Waals surface area contributed by atoms with E-state index in [4.69, 9.17) is 9.47 Å². The lowest BCUT2D eigenvalue weighted by Gasteiger charge is -2.35. The SMILES string of the molecule is COc1ccccc1OCC(O)CN1CCN(CC(=O)N(N=O)c2c(C)cccc2C)CC1. The number of benzene rings is 2. The number of carbonyl (C=O) groups excluding carboxylic acids is 1. The molecule has 9 heteroatoms. The van der Waals surface area contributed by atoms with Crippen molar-refractivity contribution in [1.82, 2.24) is 9.80 Å². The third-order valence-electron chi connectivity index (χ3n) is 5.76. The molecule has 0 aromatic heterocycles. The second kappa shape index (κ2) is 11.7. The molecule has 1 heterocycles. The van der Waals surface area contributed by atoms with E-state index >= 15 is 0 Å². The van der Waals surface area contributed by atoms with Crippen molar-refractivity contribution < 1.29 is 19.4 Å². The summed E-state index contributed by atoms with van der Waals surface area (Å²) in [7, 11) is 1.58. The molecular weight excluding hydrogens is 424 g/mol. The lowest BCUT2D eigenvalue weighted by Crippen LogP contribution is -2.51. The number of aliphatic hydroxyl groups excluding tert-OH is 1. The fraction of sp³-hybridized carbons (Fsp3) is 0.458. The number of piperazine rings is 1. The van der Waals surface area contributed by atoms with Crippen molar-refractivity contribution in [3.63, 3.8) is 0 Å².